The lowest BCUT2D eigenvalue weighted by molar-refractivity contribution is 0.0267. The number of nitrogens with zero attached hydrogens (tertiary/aromatic N) is 2. The minimum atomic E-state index is 0.241. The van der Waals surface area contributed by atoms with E-state index in [1.54, 1.807) is 7.11 Å². The van der Waals surface area contributed by atoms with Crippen molar-refractivity contribution < 1.29 is 4.74 Å². The van der Waals surface area contributed by atoms with Gasteiger partial charge in [-0.1, -0.05) is 13.8 Å². The van der Waals surface area contributed by atoms with Crippen LogP contribution < -0.4 is 10.1 Å². The molecule has 1 aliphatic rings. The van der Waals surface area contributed by atoms with Gasteiger partial charge in [0.05, 0.1) is 12.8 Å². The number of ether oxygens (including phenoxy) is 1. The lowest BCUT2D eigenvalue weighted by Gasteiger charge is -2.49. The van der Waals surface area contributed by atoms with Gasteiger partial charge in [-0.25, -0.2) is 0 Å². The first-order valence-electron chi connectivity index (χ1n) is 8.03. The fraction of sp³-hybridized carbons (Fsp3) is 0.706. The minimum Gasteiger partial charge on any atom is -0.497 e. The van der Waals surface area contributed by atoms with E-state index in [-0.39, 0.29) is 5.54 Å². The first kappa shape index (κ1) is 16.2. The summed E-state index contributed by atoms with van der Waals surface area (Å²) in [6.07, 6.45) is 2.32. The first-order chi connectivity index (χ1) is 10.0. The predicted molar refractivity (Wildman–Crippen MR) is 86.7 cm³/mol. The summed E-state index contributed by atoms with van der Waals surface area (Å²) in [5.74, 6) is 0.902. The molecule has 2 heterocycles. The van der Waals surface area contributed by atoms with Gasteiger partial charge in [0.25, 0.3) is 0 Å². The highest BCUT2D eigenvalue weighted by Gasteiger charge is 2.37. The lowest BCUT2D eigenvalue weighted by Crippen LogP contribution is -2.63. The topological polar surface area (TPSA) is 37.4 Å². The van der Waals surface area contributed by atoms with Gasteiger partial charge in [-0.2, -0.15) is 0 Å². The second kappa shape index (κ2) is 6.75. The number of hydrogen-bond acceptors (Lipinski definition) is 4. The Kier molecular flexibility index (Phi) is 5.22. The molecule has 1 saturated heterocycles. The van der Waals surface area contributed by atoms with Crippen LogP contribution in [-0.2, 0) is 6.54 Å². The number of rotatable bonds is 5. The largest absolute Gasteiger partial charge is 0.497 e. The zero-order valence-corrected chi connectivity index (χ0v) is 14.1. The van der Waals surface area contributed by atoms with Gasteiger partial charge < -0.3 is 10.1 Å². The molecule has 1 atom stereocenters. The fourth-order valence-corrected chi connectivity index (χ4v) is 3.34. The molecule has 0 radical (unpaired) electrons. The number of piperazine rings is 1. The monoisotopic (exact) mass is 291 g/mol. The van der Waals surface area contributed by atoms with Crippen molar-refractivity contribution in [1.82, 2.24) is 15.2 Å². The highest BCUT2D eigenvalue weighted by atomic mass is 16.5. The van der Waals surface area contributed by atoms with E-state index >= 15 is 0 Å². The molecule has 1 fully saturated rings. The Labute approximate surface area is 128 Å². The van der Waals surface area contributed by atoms with E-state index in [2.05, 4.69) is 37.1 Å². The van der Waals surface area contributed by atoms with Crippen LogP contribution in [0.2, 0.25) is 0 Å². The summed E-state index contributed by atoms with van der Waals surface area (Å²) in [7, 11) is 1.72. The maximum absolute atomic E-state index is 5.38. The van der Waals surface area contributed by atoms with Crippen LogP contribution in [0.3, 0.4) is 0 Å². The number of hydrogen-bond donors (Lipinski definition) is 1. The van der Waals surface area contributed by atoms with Crippen LogP contribution in [0.1, 0.15) is 45.0 Å². The summed E-state index contributed by atoms with van der Waals surface area (Å²) in [6.45, 7) is 11.9. The van der Waals surface area contributed by atoms with E-state index in [0.29, 0.717) is 6.04 Å². The van der Waals surface area contributed by atoms with Crippen LogP contribution in [-0.4, -0.2) is 41.7 Å². The SMILES string of the molecule is CCC1(CC)CNC(C)CN1Cc1cc(OC)cc(C)n1. The van der Waals surface area contributed by atoms with E-state index in [1.165, 1.54) is 0 Å². The standard InChI is InChI=1S/C17H29N3O/c1-6-17(7-2)12-18-14(4)10-20(17)11-15-9-16(21-5)8-13(3)19-15/h8-9,14,18H,6-7,10-12H2,1-5H3. The number of aryl methyl sites for hydroxylation is 1. The van der Waals surface area contributed by atoms with Crippen LogP contribution >= 0.6 is 0 Å². The Bertz CT molecular complexity index is 471. The van der Waals surface area contributed by atoms with E-state index in [4.69, 9.17) is 9.72 Å². The predicted octanol–water partition coefficient (Wildman–Crippen LogP) is 2.75. The maximum Gasteiger partial charge on any atom is 0.122 e. The van der Waals surface area contributed by atoms with Crippen LogP contribution in [0.15, 0.2) is 12.1 Å². The van der Waals surface area contributed by atoms with Crippen molar-refractivity contribution in [3.8, 4) is 5.75 Å². The molecule has 118 valence electrons. The summed E-state index contributed by atoms with van der Waals surface area (Å²) in [6, 6.07) is 4.58. The van der Waals surface area contributed by atoms with Crippen LogP contribution in [0.25, 0.3) is 0 Å². The second-order valence-electron chi connectivity index (χ2n) is 6.23. The molecule has 0 aliphatic carbocycles. The maximum atomic E-state index is 5.38. The number of methoxy groups -OCH3 is 1. The smallest absolute Gasteiger partial charge is 0.122 e. The molecule has 0 amide bonds. The first-order valence-corrected chi connectivity index (χ1v) is 8.03. The Morgan fingerprint density at radius 3 is 2.71 bits per heavy atom. The molecule has 0 saturated carbocycles. The summed E-state index contributed by atoms with van der Waals surface area (Å²) in [5.41, 5.74) is 2.36. The summed E-state index contributed by atoms with van der Waals surface area (Å²) >= 11 is 0. The minimum absolute atomic E-state index is 0.241. The van der Waals surface area contributed by atoms with Gasteiger partial charge in [0.2, 0.25) is 0 Å². The van der Waals surface area contributed by atoms with Crippen molar-refractivity contribution in [3.05, 3.63) is 23.5 Å². The van der Waals surface area contributed by atoms with Gasteiger partial charge in [-0.15, -0.1) is 0 Å². The molecule has 21 heavy (non-hydrogen) atoms. The zero-order chi connectivity index (χ0) is 15.5. The Morgan fingerprint density at radius 2 is 2.10 bits per heavy atom. The summed E-state index contributed by atoms with van der Waals surface area (Å²) in [5, 5.41) is 3.64. The van der Waals surface area contributed by atoms with Crippen LogP contribution in [0.4, 0.5) is 0 Å². The van der Waals surface area contributed by atoms with E-state index in [1.807, 2.05) is 13.0 Å². The Balaban J connectivity index is 2.23. The van der Waals surface area contributed by atoms with E-state index in [0.717, 1.165) is 49.6 Å². The summed E-state index contributed by atoms with van der Waals surface area (Å²) in [4.78, 5) is 7.30. The van der Waals surface area contributed by atoms with E-state index in [9.17, 15) is 0 Å². The molecule has 0 bridgehead atoms. The van der Waals surface area contributed by atoms with Crippen molar-refractivity contribution >= 4 is 0 Å². The van der Waals surface area contributed by atoms with Crippen molar-refractivity contribution in [2.75, 3.05) is 20.2 Å². The highest BCUT2D eigenvalue weighted by Crippen LogP contribution is 2.29. The van der Waals surface area contributed by atoms with Crippen LogP contribution in [0, 0.1) is 6.92 Å². The van der Waals surface area contributed by atoms with Crippen molar-refractivity contribution in [1.29, 1.82) is 0 Å². The number of aromatic nitrogens is 1. The molecule has 4 nitrogen and oxygen atoms in total. The number of nitrogens with one attached hydrogen (secondary N) is 1. The Hall–Kier alpha value is -1.13. The van der Waals surface area contributed by atoms with E-state index < -0.39 is 0 Å². The molecule has 1 aromatic heterocycles. The average molecular weight is 291 g/mol. The molecule has 1 aliphatic heterocycles. The van der Waals surface area contributed by atoms with Gasteiger partial charge in [0.15, 0.2) is 0 Å². The van der Waals surface area contributed by atoms with Gasteiger partial charge in [0.1, 0.15) is 5.75 Å². The van der Waals surface area contributed by atoms with Crippen molar-refractivity contribution in [3.63, 3.8) is 0 Å². The molecule has 1 unspecified atom stereocenters. The molecular formula is C17H29N3O. The molecule has 0 aromatic carbocycles. The third kappa shape index (κ3) is 3.55. The molecule has 0 spiro atoms. The van der Waals surface area contributed by atoms with Gasteiger partial charge in [-0.3, -0.25) is 9.88 Å². The van der Waals surface area contributed by atoms with Gasteiger partial charge in [-0.05, 0) is 26.7 Å². The second-order valence-corrected chi connectivity index (χ2v) is 6.23. The lowest BCUT2D eigenvalue weighted by atomic mass is 9.87. The molecular weight excluding hydrogens is 262 g/mol. The van der Waals surface area contributed by atoms with Crippen molar-refractivity contribution in [2.24, 2.45) is 0 Å². The fourth-order valence-electron chi connectivity index (χ4n) is 3.34. The summed E-state index contributed by atoms with van der Waals surface area (Å²) < 4.78 is 5.38. The quantitative estimate of drug-likeness (QED) is 0.905. The zero-order valence-electron chi connectivity index (χ0n) is 14.1. The van der Waals surface area contributed by atoms with Gasteiger partial charge >= 0.3 is 0 Å². The highest BCUT2D eigenvalue weighted by molar-refractivity contribution is 5.26. The van der Waals surface area contributed by atoms with Gasteiger partial charge in [0, 0.05) is 49.0 Å². The Morgan fingerprint density at radius 1 is 1.38 bits per heavy atom. The average Bonchev–Trinajstić information content (AvgIpc) is 2.47. The molecule has 1 N–H and O–H groups in total. The number of pyridine rings is 1. The molecule has 2 rings (SSSR count). The molecule has 4 heteroatoms. The molecule has 1 aromatic rings. The van der Waals surface area contributed by atoms with Crippen molar-refractivity contribution in [2.45, 2.75) is 58.7 Å². The normalized spacial score (nSPS) is 22.2. The third-order valence-electron chi connectivity index (χ3n) is 4.83. The third-order valence-corrected chi connectivity index (χ3v) is 4.83. The van der Waals surface area contributed by atoms with Crippen LogP contribution in [0.5, 0.6) is 5.75 Å².